The van der Waals surface area contributed by atoms with Crippen LogP contribution in [0.25, 0.3) is 5.53 Å². The molecule has 0 saturated heterocycles. The topological polar surface area (TPSA) is 98.0 Å². The molecule has 0 heterocycles. The van der Waals surface area contributed by atoms with E-state index < -0.39 is 4.92 Å². The van der Waals surface area contributed by atoms with Crippen molar-refractivity contribution in [2.24, 2.45) is 0 Å². The second-order valence-electron chi connectivity index (χ2n) is 2.77. The fraction of sp³-hybridized carbons (Fsp3) is 0.222. The average Bonchev–Trinajstić information content (AvgIpc) is 2.28. The molecule has 1 rings (SSSR count). The number of hydrogen-bond acceptors (Lipinski definition) is 4. The van der Waals surface area contributed by atoms with Crippen LogP contribution in [0.15, 0.2) is 12.1 Å². The number of nitro groups is 1. The lowest BCUT2D eigenvalue weighted by molar-refractivity contribution is -0.385. The van der Waals surface area contributed by atoms with Gasteiger partial charge in [0.1, 0.15) is 5.56 Å². The molecular weight excluding hydrogens is 214 g/mol. The van der Waals surface area contributed by atoms with E-state index in [9.17, 15) is 10.1 Å². The normalized spacial score (nSPS) is 9.12. The van der Waals surface area contributed by atoms with Gasteiger partial charge in [0.05, 0.1) is 25.2 Å². The minimum absolute atomic E-state index is 0.130. The van der Waals surface area contributed by atoms with Crippen LogP contribution in [-0.2, 0) is 0 Å². The zero-order valence-corrected chi connectivity index (χ0v) is 8.71. The van der Waals surface area contributed by atoms with Crippen molar-refractivity contribution in [3.8, 4) is 11.5 Å². The van der Waals surface area contributed by atoms with Gasteiger partial charge in [0.15, 0.2) is 11.5 Å². The Bertz CT molecular complexity index is 437. The Hall–Kier alpha value is -2.40. The maximum Gasteiger partial charge on any atom is 0.294 e. The number of nitro benzene ring substituents is 1. The molecule has 1 aromatic rings. The molecule has 0 amide bonds. The molecule has 0 radical (unpaired) electrons. The van der Waals surface area contributed by atoms with E-state index in [1.54, 1.807) is 0 Å². The van der Waals surface area contributed by atoms with Crippen LogP contribution >= 0.6 is 0 Å². The number of hydrogen-bond donors (Lipinski definition) is 0. The Labute approximate surface area is 91.0 Å². The van der Waals surface area contributed by atoms with Crippen LogP contribution in [0.3, 0.4) is 0 Å². The van der Waals surface area contributed by atoms with Gasteiger partial charge in [-0.3, -0.25) is 10.1 Å². The molecule has 0 unspecified atom stereocenters. The predicted molar refractivity (Wildman–Crippen MR) is 55.0 cm³/mol. The fourth-order valence-electron chi connectivity index (χ4n) is 1.21. The summed E-state index contributed by atoms with van der Waals surface area (Å²) < 4.78 is 9.89. The Morgan fingerprint density at radius 3 is 2.38 bits per heavy atom. The van der Waals surface area contributed by atoms with E-state index in [0.717, 1.165) is 6.21 Å². The van der Waals surface area contributed by atoms with Crippen molar-refractivity contribution in [2.75, 3.05) is 14.2 Å². The van der Waals surface area contributed by atoms with Crippen LogP contribution < -0.4 is 9.47 Å². The zero-order chi connectivity index (χ0) is 12.1. The van der Waals surface area contributed by atoms with Crippen molar-refractivity contribution in [1.29, 1.82) is 0 Å². The zero-order valence-electron chi connectivity index (χ0n) is 8.71. The SMILES string of the molecule is COc1cc(C=[N+]=[N-])c([N+](=O)[O-])cc1OC. The summed E-state index contributed by atoms with van der Waals surface area (Å²) in [6.07, 6.45) is 0.958. The number of rotatable bonds is 4. The van der Waals surface area contributed by atoms with Crippen LogP contribution in [0.5, 0.6) is 11.5 Å². The summed E-state index contributed by atoms with van der Waals surface area (Å²) >= 11 is 0. The van der Waals surface area contributed by atoms with Gasteiger partial charge in [-0.25, -0.2) is 0 Å². The van der Waals surface area contributed by atoms with Crippen molar-refractivity contribution >= 4 is 11.9 Å². The van der Waals surface area contributed by atoms with Crippen LogP contribution in [0.4, 0.5) is 5.69 Å². The fourth-order valence-corrected chi connectivity index (χ4v) is 1.21. The van der Waals surface area contributed by atoms with E-state index in [-0.39, 0.29) is 17.0 Å². The third-order valence-electron chi connectivity index (χ3n) is 1.93. The predicted octanol–water partition coefficient (Wildman–Crippen LogP) is 1.26. The molecule has 7 heteroatoms. The molecule has 84 valence electrons. The van der Waals surface area contributed by atoms with E-state index >= 15 is 0 Å². The Morgan fingerprint density at radius 1 is 1.38 bits per heavy atom. The van der Waals surface area contributed by atoms with Crippen molar-refractivity contribution in [3.63, 3.8) is 0 Å². The van der Waals surface area contributed by atoms with Gasteiger partial charge in [0.25, 0.3) is 11.9 Å². The Kier molecular flexibility index (Phi) is 3.58. The van der Waals surface area contributed by atoms with E-state index in [1.807, 2.05) is 0 Å². The highest BCUT2D eigenvalue weighted by Crippen LogP contribution is 2.33. The van der Waals surface area contributed by atoms with Crippen molar-refractivity contribution < 1.29 is 19.2 Å². The molecule has 0 aliphatic carbocycles. The molecule has 0 atom stereocenters. The summed E-state index contributed by atoms with van der Waals surface area (Å²) in [7, 11) is 2.78. The van der Waals surface area contributed by atoms with E-state index in [0.29, 0.717) is 5.75 Å². The quantitative estimate of drug-likeness (QED) is 0.252. The first-order valence-corrected chi connectivity index (χ1v) is 4.22. The molecule has 0 N–H and O–H groups in total. The summed E-state index contributed by atoms with van der Waals surface area (Å²) in [4.78, 5) is 12.9. The lowest BCUT2D eigenvalue weighted by Gasteiger charge is -2.07. The molecule has 16 heavy (non-hydrogen) atoms. The summed E-state index contributed by atoms with van der Waals surface area (Å²) in [5.41, 5.74) is 8.29. The third-order valence-corrected chi connectivity index (χ3v) is 1.93. The summed E-state index contributed by atoms with van der Waals surface area (Å²) in [5.74, 6) is 0.562. The minimum Gasteiger partial charge on any atom is -0.493 e. The Morgan fingerprint density at radius 2 is 1.94 bits per heavy atom. The molecule has 0 aliphatic heterocycles. The molecular formula is C9H9N3O4. The molecule has 0 aromatic heterocycles. The van der Waals surface area contributed by atoms with Gasteiger partial charge < -0.3 is 15.0 Å². The first-order chi connectivity index (χ1) is 7.63. The van der Waals surface area contributed by atoms with Gasteiger partial charge in [-0.05, 0) is 0 Å². The van der Waals surface area contributed by atoms with Gasteiger partial charge >= 0.3 is 0 Å². The standard InChI is InChI=1S/C9H9N3O4/c1-15-8-3-6(5-11-10)7(12(13)14)4-9(8)16-2/h3-5H,1-2H3. The molecule has 0 aliphatic rings. The van der Waals surface area contributed by atoms with Gasteiger partial charge in [-0.2, -0.15) is 4.79 Å². The van der Waals surface area contributed by atoms with E-state index in [4.69, 9.17) is 15.0 Å². The summed E-state index contributed by atoms with van der Waals surface area (Å²) in [6, 6.07) is 2.56. The van der Waals surface area contributed by atoms with E-state index in [2.05, 4.69) is 4.79 Å². The lowest BCUT2D eigenvalue weighted by atomic mass is 10.1. The maximum absolute atomic E-state index is 10.7. The smallest absolute Gasteiger partial charge is 0.294 e. The van der Waals surface area contributed by atoms with Crippen molar-refractivity contribution in [2.45, 2.75) is 0 Å². The third kappa shape index (κ3) is 2.15. The molecule has 1 aromatic carbocycles. The van der Waals surface area contributed by atoms with Gasteiger partial charge in [-0.1, -0.05) is 0 Å². The average molecular weight is 223 g/mol. The van der Waals surface area contributed by atoms with Crippen molar-refractivity contribution in [1.82, 2.24) is 0 Å². The lowest BCUT2D eigenvalue weighted by Crippen LogP contribution is -1.99. The molecule has 0 bridgehead atoms. The minimum atomic E-state index is -0.598. The van der Waals surface area contributed by atoms with Crippen LogP contribution in [0.1, 0.15) is 5.56 Å². The largest absolute Gasteiger partial charge is 0.493 e. The monoisotopic (exact) mass is 223 g/mol. The number of benzene rings is 1. The highest BCUT2D eigenvalue weighted by Gasteiger charge is 2.20. The van der Waals surface area contributed by atoms with Crippen LogP contribution in [-0.4, -0.2) is 30.1 Å². The number of ether oxygens (including phenoxy) is 2. The molecule has 0 saturated carbocycles. The molecule has 0 spiro atoms. The second-order valence-corrected chi connectivity index (χ2v) is 2.77. The number of methoxy groups -OCH3 is 2. The van der Waals surface area contributed by atoms with Crippen LogP contribution in [0.2, 0.25) is 0 Å². The second kappa shape index (κ2) is 4.90. The van der Waals surface area contributed by atoms with Crippen LogP contribution in [0, 0.1) is 10.1 Å². The number of nitrogens with zero attached hydrogens (tertiary/aromatic N) is 3. The first-order valence-electron chi connectivity index (χ1n) is 4.22. The molecule has 0 fully saturated rings. The van der Waals surface area contributed by atoms with Gasteiger partial charge in [0.2, 0.25) is 0 Å². The first kappa shape index (κ1) is 11.7. The Balaban J connectivity index is 3.46. The molecule has 7 nitrogen and oxygen atoms in total. The highest BCUT2D eigenvalue weighted by atomic mass is 16.6. The summed E-state index contributed by atoms with van der Waals surface area (Å²) in [6.45, 7) is 0. The van der Waals surface area contributed by atoms with Gasteiger partial charge in [0, 0.05) is 6.07 Å². The van der Waals surface area contributed by atoms with E-state index in [1.165, 1.54) is 26.4 Å². The highest BCUT2D eigenvalue weighted by molar-refractivity contribution is 5.83. The maximum atomic E-state index is 10.7. The van der Waals surface area contributed by atoms with Crippen molar-refractivity contribution in [3.05, 3.63) is 33.3 Å². The summed E-state index contributed by atoms with van der Waals surface area (Å²) in [5, 5.41) is 10.7. The van der Waals surface area contributed by atoms with Gasteiger partial charge in [-0.15, -0.1) is 0 Å².